The lowest BCUT2D eigenvalue weighted by molar-refractivity contribution is -0.144. The van der Waals surface area contributed by atoms with Crippen LogP contribution >= 0.6 is 18.6 Å². The van der Waals surface area contributed by atoms with Crippen molar-refractivity contribution < 1.29 is 23.5 Å². The molecule has 2 N–H and O–H groups in total. The molecule has 0 radical (unpaired) electrons. The van der Waals surface area contributed by atoms with Crippen molar-refractivity contribution in [3.8, 4) is 0 Å². The molecular weight excluding hydrogens is 421 g/mol. The van der Waals surface area contributed by atoms with E-state index in [9.17, 15) is 9.69 Å². The Morgan fingerprint density at radius 1 is 0.900 bits per heavy atom. The molecule has 0 aromatic carbocycles. The lowest BCUT2D eigenvalue weighted by Crippen LogP contribution is -2.35. The SMILES string of the molecule is CCCCCCCCCCCOC(=O)CCCOP(O)OCCS1(C)CCNCC1. The molecule has 0 aromatic rings. The van der Waals surface area contributed by atoms with Crippen molar-refractivity contribution in [1.82, 2.24) is 5.32 Å². The minimum absolute atomic E-state index is 0.177. The van der Waals surface area contributed by atoms with Gasteiger partial charge in [0.05, 0.1) is 19.8 Å². The van der Waals surface area contributed by atoms with Gasteiger partial charge in [0.15, 0.2) is 0 Å². The molecule has 1 fully saturated rings. The second kappa shape index (κ2) is 18.6. The van der Waals surface area contributed by atoms with Crippen molar-refractivity contribution in [3.63, 3.8) is 0 Å². The molecule has 1 unspecified atom stereocenters. The molecule has 1 heterocycles. The van der Waals surface area contributed by atoms with Gasteiger partial charge < -0.3 is 24.0 Å². The zero-order valence-corrected chi connectivity index (χ0v) is 21.1. The van der Waals surface area contributed by atoms with Gasteiger partial charge in [-0.15, -0.1) is 0 Å². The molecule has 1 atom stereocenters. The lowest BCUT2D eigenvalue weighted by Gasteiger charge is -2.39. The minimum Gasteiger partial charge on any atom is -0.466 e. The zero-order chi connectivity index (χ0) is 21.9. The largest absolute Gasteiger partial charge is 0.466 e. The molecule has 6 nitrogen and oxygen atoms in total. The second-order valence-corrected chi connectivity index (χ2v) is 13.6. The first-order valence-electron chi connectivity index (χ1n) is 11.9. The molecule has 0 saturated carbocycles. The summed E-state index contributed by atoms with van der Waals surface area (Å²) >= 11 is 0. The third-order valence-corrected chi connectivity index (χ3v) is 9.90. The highest BCUT2D eigenvalue weighted by Gasteiger charge is 2.21. The van der Waals surface area contributed by atoms with Gasteiger partial charge in [-0.05, 0) is 30.6 Å². The first-order valence-corrected chi connectivity index (χ1v) is 15.6. The van der Waals surface area contributed by atoms with Gasteiger partial charge in [-0.1, -0.05) is 58.3 Å². The summed E-state index contributed by atoms with van der Waals surface area (Å²) in [6.45, 7) is 5.81. The monoisotopic (exact) mass is 467 g/mol. The molecule has 0 aliphatic carbocycles. The Bertz CT molecular complexity index is 424. The molecule has 1 aliphatic rings. The molecule has 0 aromatic heterocycles. The Balaban J connectivity index is 1.86. The predicted molar refractivity (Wildman–Crippen MR) is 129 cm³/mol. The number of nitrogens with one attached hydrogen (secondary N) is 1. The summed E-state index contributed by atoms with van der Waals surface area (Å²) in [5.74, 6) is 3.29. The van der Waals surface area contributed by atoms with Crippen LogP contribution in [0, 0.1) is 0 Å². The zero-order valence-electron chi connectivity index (χ0n) is 19.4. The Morgan fingerprint density at radius 3 is 2.17 bits per heavy atom. The van der Waals surface area contributed by atoms with E-state index >= 15 is 0 Å². The molecule has 8 heteroatoms. The highest BCUT2D eigenvalue weighted by Crippen LogP contribution is 2.45. The van der Waals surface area contributed by atoms with Gasteiger partial charge in [0.1, 0.15) is 0 Å². The van der Waals surface area contributed by atoms with E-state index in [4.69, 9.17) is 13.8 Å². The second-order valence-electron chi connectivity index (χ2n) is 8.40. The fraction of sp³-hybridized carbons (Fsp3) is 0.955. The van der Waals surface area contributed by atoms with E-state index in [2.05, 4.69) is 18.5 Å². The van der Waals surface area contributed by atoms with E-state index in [0.717, 1.165) is 31.7 Å². The summed E-state index contributed by atoms with van der Waals surface area (Å²) in [4.78, 5) is 21.6. The Labute approximate surface area is 187 Å². The van der Waals surface area contributed by atoms with Crippen LogP contribution < -0.4 is 5.32 Å². The van der Waals surface area contributed by atoms with Crippen molar-refractivity contribution in [2.24, 2.45) is 0 Å². The number of hydrogen-bond donors (Lipinski definition) is 2. The third-order valence-electron chi connectivity index (χ3n) is 5.56. The lowest BCUT2D eigenvalue weighted by atomic mass is 10.1. The van der Waals surface area contributed by atoms with Crippen LogP contribution in [0.25, 0.3) is 0 Å². The van der Waals surface area contributed by atoms with Crippen molar-refractivity contribution in [3.05, 3.63) is 0 Å². The minimum atomic E-state index is -1.84. The van der Waals surface area contributed by atoms with E-state index in [0.29, 0.717) is 32.7 Å². The van der Waals surface area contributed by atoms with Crippen LogP contribution in [0.15, 0.2) is 0 Å². The normalized spacial score (nSPS) is 18.1. The predicted octanol–water partition coefficient (Wildman–Crippen LogP) is 5.13. The van der Waals surface area contributed by atoms with Gasteiger partial charge in [-0.3, -0.25) is 4.79 Å². The molecule has 1 saturated heterocycles. The van der Waals surface area contributed by atoms with Gasteiger partial charge in [0.2, 0.25) is 0 Å². The number of esters is 1. The van der Waals surface area contributed by atoms with E-state index in [1.807, 2.05) is 0 Å². The maximum atomic E-state index is 11.7. The summed E-state index contributed by atoms with van der Waals surface area (Å²) in [5.41, 5.74) is 0. The number of unbranched alkanes of at least 4 members (excludes halogenated alkanes) is 8. The van der Waals surface area contributed by atoms with Crippen molar-refractivity contribution >= 4 is 24.6 Å². The van der Waals surface area contributed by atoms with E-state index in [1.165, 1.54) is 56.5 Å². The number of hydrogen-bond acceptors (Lipinski definition) is 6. The Morgan fingerprint density at radius 2 is 1.50 bits per heavy atom. The standard InChI is InChI=1S/C22H46NO5PS/c1-3-4-5-6-7-8-9-10-11-16-26-22(24)13-12-17-27-29(25)28-18-21-30(2)19-14-23-15-20-30/h23,25H,3-21H2,1-2H3. The topological polar surface area (TPSA) is 77.0 Å². The smallest absolute Gasteiger partial charge is 0.329 e. The fourth-order valence-electron chi connectivity index (χ4n) is 3.45. The maximum absolute atomic E-state index is 11.7. The van der Waals surface area contributed by atoms with Crippen LogP contribution in [0.5, 0.6) is 0 Å². The third kappa shape index (κ3) is 15.8. The maximum Gasteiger partial charge on any atom is 0.329 e. The summed E-state index contributed by atoms with van der Waals surface area (Å²) in [5, 5.41) is 3.39. The number of carbonyl (C=O) groups excluding carboxylic acids is 1. The van der Waals surface area contributed by atoms with Gasteiger partial charge >= 0.3 is 14.6 Å². The summed E-state index contributed by atoms with van der Waals surface area (Å²) in [6, 6.07) is 0. The van der Waals surface area contributed by atoms with E-state index < -0.39 is 18.6 Å². The van der Waals surface area contributed by atoms with Gasteiger partial charge in [-0.2, -0.15) is 0 Å². The first kappa shape index (κ1) is 28.1. The quantitative estimate of drug-likeness (QED) is 0.156. The van der Waals surface area contributed by atoms with Gasteiger partial charge in [0.25, 0.3) is 0 Å². The summed E-state index contributed by atoms with van der Waals surface area (Å²) in [7, 11) is -2.44. The molecule has 30 heavy (non-hydrogen) atoms. The molecule has 1 rings (SSSR count). The van der Waals surface area contributed by atoms with Crippen LogP contribution in [-0.2, 0) is 18.6 Å². The summed E-state index contributed by atoms with van der Waals surface area (Å²) in [6.07, 6.45) is 14.5. The van der Waals surface area contributed by atoms with Crippen LogP contribution in [0.4, 0.5) is 0 Å². The van der Waals surface area contributed by atoms with Crippen LogP contribution in [0.1, 0.15) is 77.6 Å². The Kier molecular flexibility index (Phi) is 17.5. The molecule has 0 spiro atoms. The van der Waals surface area contributed by atoms with Crippen LogP contribution in [-0.4, -0.2) is 67.3 Å². The van der Waals surface area contributed by atoms with Gasteiger partial charge in [-0.25, -0.2) is 10.0 Å². The Hall–Kier alpha value is 0.0900. The van der Waals surface area contributed by atoms with Crippen LogP contribution in [0.2, 0.25) is 0 Å². The number of ether oxygens (including phenoxy) is 1. The van der Waals surface area contributed by atoms with Crippen molar-refractivity contribution in [1.29, 1.82) is 0 Å². The summed E-state index contributed by atoms with van der Waals surface area (Å²) < 4.78 is 16.0. The van der Waals surface area contributed by atoms with Crippen LogP contribution in [0.3, 0.4) is 0 Å². The number of rotatable bonds is 19. The first-order chi connectivity index (χ1) is 14.6. The highest BCUT2D eigenvalue weighted by molar-refractivity contribution is 8.33. The average molecular weight is 468 g/mol. The number of carbonyl (C=O) groups is 1. The fourth-order valence-corrected chi connectivity index (χ4v) is 6.56. The average Bonchev–Trinajstić information content (AvgIpc) is 2.73. The molecule has 0 amide bonds. The molecular formula is C22H46NO5PS. The van der Waals surface area contributed by atoms with Crippen molar-refractivity contribution in [2.75, 3.05) is 56.4 Å². The van der Waals surface area contributed by atoms with Gasteiger partial charge in [0, 0.05) is 25.3 Å². The molecule has 1 aliphatic heterocycles. The molecule has 180 valence electrons. The molecule has 0 bridgehead atoms. The van der Waals surface area contributed by atoms with E-state index in [-0.39, 0.29) is 5.97 Å². The highest BCUT2D eigenvalue weighted by atomic mass is 32.3. The van der Waals surface area contributed by atoms with Crippen molar-refractivity contribution in [2.45, 2.75) is 77.6 Å². The van der Waals surface area contributed by atoms with E-state index in [1.54, 1.807) is 0 Å².